The molecule has 5 heterocycles. The van der Waals surface area contributed by atoms with Crippen LogP contribution in [0.1, 0.15) is 65.2 Å². The fraction of sp³-hybridized carbons (Fsp3) is 0.833. The van der Waals surface area contributed by atoms with E-state index in [1.807, 2.05) is 0 Å². The summed E-state index contributed by atoms with van der Waals surface area (Å²) in [6.07, 6.45) is 20.9. The second kappa shape index (κ2) is 8.45. The molecule has 10 atom stereocenters. The highest BCUT2D eigenvalue weighted by Gasteiger charge is 2.42. The maximum absolute atomic E-state index is 6.59. The Kier molecular flexibility index (Phi) is 5.93. The molecule has 0 aromatic carbocycles. The summed E-state index contributed by atoms with van der Waals surface area (Å²) in [5, 5.41) is 1.22. The Labute approximate surface area is 174 Å². The van der Waals surface area contributed by atoms with Gasteiger partial charge in [-0.2, -0.15) is 0 Å². The first kappa shape index (κ1) is 19.7. The third kappa shape index (κ3) is 3.87. The average molecular weight is 405 g/mol. The van der Waals surface area contributed by atoms with Crippen molar-refractivity contribution in [2.24, 2.45) is 11.8 Å². The number of rotatable bonds is 2. The minimum atomic E-state index is 0.220. The number of hydrogen-bond donors (Lipinski definition) is 0. The lowest BCUT2D eigenvalue weighted by molar-refractivity contribution is -0.0663. The van der Waals surface area contributed by atoms with E-state index in [9.17, 15) is 0 Å². The summed E-state index contributed by atoms with van der Waals surface area (Å²) in [5.74, 6) is 1.12. The normalized spacial score (nSPS) is 50.5. The van der Waals surface area contributed by atoms with E-state index in [1.54, 1.807) is 0 Å². The van der Waals surface area contributed by atoms with Gasteiger partial charge in [-0.3, -0.25) is 0 Å². The zero-order valence-corrected chi connectivity index (χ0v) is 18.2. The molecule has 0 amide bonds. The SMILES string of the molecule is CCC1C2C=CC(CC3CCC(O3)C(CC)C3C=CC(CC4CCC1O4)S3)O2. The second-order valence-electron chi connectivity index (χ2n) is 9.41. The van der Waals surface area contributed by atoms with Crippen LogP contribution >= 0.6 is 11.8 Å². The molecule has 0 radical (unpaired) electrons. The highest BCUT2D eigenvalue weighted by Crippen LogP contribution is 2.44. The van der Waals surface area contributed by atoms with Crippen molar-refractivity contribution in [2.45, 2.75) is 112 Å². The molecule has 5 aliphatic heterocycles. The highest BCUT2D eigenvalue weighted by atomic mass is 32.2. The largest absolute Gasteiger partial charge is 0.375 e. The number of fused-ring (bicyclic) bond motifs is 8. The molecule has 0 aliphatic carbocycles. The van der Waals surface area contributed by atoms with Crippen LogP contribution < -0.4 is 0 Å². The molecule has 10 unspecified atom stereocenters. The van der Waals surface area contributed by atoms with E-state index in [-0.39, 0.29) is 12.2 Å². The van der Waals surface area contributed by atoms with Gasteiger partial charge >= 0.3 is 0 Å². The summed E-state index contributed by atoms with van der Waals surface area (Å²) in [6, 6.07) is 0. The molecular formula is C24H36O3S. The van der Waals surface area contributed by atoms with Gasteiger partial charge in [0.05, 0.1) is 36.6 Å². The van der Waals surface area contributed by atoms with Crippen LogP contribution in [0.15, 0.2) is 24.3 Å². The Morgan fingerprint density at radius 2 is 1.46 bits per heavy atom. The summed E-state index contributed by atoms with van der Waals surface area (Å²) in [6.45, 7) is 4.63. The maximum atomic E-state index is 6.59. The van der Waals surface area contributed by atoms with E-state index in [1.165, 1.54) is 38.5 Å². The van der Waals surface area contributed by atoms with Crippen LogP contribution in [0.4, 0.5) is 0 Å². The Morgan fingerprint density at radius 1 is 0.750 bits per heavy atom. The summed E-state index contributed by atoms with van der Waals surface area (Å²) < 4.78 is 19.7. The van der Waals surface area contributed by atoms with Gasteiger partial charge < -0.3 is 14.2 Å². The van der Waals surface area contributed by atoms with E-state index in [4.69, 9.17) is 14.2 Å². The topological polar surface area (TPSA) is 27.7 Å². The Morgan fingerprint density at radius 3 is 2.21 bits per heavy atom. The Balaban J connectivity index is 1.35. The van der Waals surface area contributed by atoms with Crippen molar-refractivity contribution in [2.75, 3.05) is 0 Å². The summed E-state index contributed by atoms with van der Waals surface area (Å²) in [7, 11) is 0. The summed E-state index contributed by atoms with van der Waals surface area (Å²) >= 11 is 2.17. The molecular weight excluding hydrogens is 368 g/mol. The first-order valence-electron chi connectivity index (χ1n) is 11.7. The molecule has 8 bridgehead atoms. The molecule has 4 heteroatoms. The molecule has 3 nitrogen and oxygen atoms in total. The zero-order chi connectivity index (χ0) is 19.1. The van der Waals surface area contributed by atoms with Crippen molar-refractivity contribution in [3.8, 4) is 0 Å². The minimum absolute atomic E-state index is 0.220. The van der Waals surface area contributed by atoms with Gasteiger partial charge in [-0.1, -0.05) is 38.2 Å². The number of ether oxygens (including phenoxy) is 3. The monoisotopic (exact) mass is 404 g/mol. The van der Waals surface area contributed by atoms with Gasteiger partial charge in [0, 0.05) is 28.8 Å². The van der Waals surface area contributed by atoms with Crippen LogP contribution in [-0.4, -0.2) is 47.1 Å². The second-order valence-corrected chi connectivity index (χ2v) is 10.8. The summed E-state index contributed by atoms with van der Waals surface area (Å²) in [4.78, 5) is 0. The van der Waals surface area contributed by atoms with Gasteiger partial charge in [-0.05, 0) is 44.9 Å². The molecule has 0 aromatic heterocycles. The quantitative estimate of drug-likeness (QED) is 0.584. The highest BCUT2D eigenvalue weighted by molar-refractivity contribution is 8.01. The lowest BCUT2D eigenvalue weighted by Gasteiger charge is -2.30. The van der Waals surface area contributed by atoms with Crippen molar-refractivity contribution in [3.05, 3.63) is 24.3 Å². The first-order chi connectivity index (χ1) is 13.7. The van der Waals surface area contributed by atoms with Crippen LogP contribution in [-0.2, 0) is 14.2 Å². The third-order valence-corrected chi connectivity index (χ3v) is 9.23. The Bertz CT molecular complexity index is 553. The van der Waals surface area contributed by atoms with Crippen molar-refractivity contribution in [1.82, 2.24) is 0 Å². The van der Waals surface area contributed by atoms with E-state index in [0.717, 1.165) is 12.8 Å². The molecule has 156 valence electrons. The smallest absolute Gasteiger partial charge is 0.0817 e. The molecule has 0 N–H and O–H groups in total. The van der Waals surface area contributed by atoms with Crippen molar-refractivity contribution in [1.29, 1.82) is 0 Å². The Hall–Kier alpha value is -0.290. The van der Waals surface area contributed by atoms with E-state index < -0.39 is 0 Å². The molecule has 5 aliphatic rings. The van der Waals surface area contributed by atoms with Crippen molar-refractivity contribution >= 4 is 11.8 Å². The van der Waals surface area contributed by atoms with Gasteiger partial charge in [0.2, 0.25) is 0 Å². The van der Waals surface area contributed by atoms with Gasteiger partial charge in [-0.15, -0.1) is 11.8 Å². The fourth-order valence-corrected chi connectivity index (χ4v) is 7.84. The molecule has 0 saturated carbocycles. The molecule has 0 aromatic rings. The molecule has 3 fully saturated rings. The minimum Gasteiger partial charge on any atom is -0.375 e. The number of hydrogen-bond acceptors (Lipinski definition) is 4. The molecule has 28 heavy (non-hydrogen) atoms. The van der Waals surface area contributed by atoms with Crippen LogP contribution in [0.2, 0.25) is 0 Å². The van der Waals surface area contributed by atoms with Gasteiger partial charge in [-0.25, -0.2) is 0 Å². The number of thioether (sulfide) groups is 1. The van der Waals surface area contributed by atoms with Crippen molar-refractivity contribution < 1.29 is 14.2 Å². The lowest BCUT2D eigenvalue weighted by Crippen LogP contribution is -2.33. The van der Waals surface area contributed by atoms with E-state index in [0.29, 0.717) is 46.8 Å². The average Bonchev–Trinajstić information content (AvgIpc) is 3.47. The predicted octanol–water partition coefficient (Wildman–Crippen LogP) is 5.29. The maximum Gasteiger partial charge on any atom is 0.0817 e. The van der Waals surface area contributed by atoms with Gasteiger partial charge in [0.1, 0.15) is 0 Å². The van der Waals surface area contributed by atoms with Crippen molar-refractivity contribution in [3.63, 3.8) is 0 Å². The fourth-order valence-electron chi connectivity index (χ4n) is 6.18. The van der Waals surface area contributed by atoms with Gasteiger partial charge in [0.15, 0.2) is 0 Å². The lowest BCUT2D eigenvalue weighted by atomic mass is 9.91. The third-order valence-electron chi connectivity index (χ3n) is 7.71. The molecule has 5 rings (SSSR count). The van der Waals surface area contributed by atoms with Gasteiger partial charge in [0.25, 0.3) is 0 Å². The zero-order valence-electron chi connectivity index (χ0n) is 17.4. The summed E-state index contributed by atoms with van der Waals surface area (Å²) in [5.41, 5.74) is 0. The van der Waals surface area contributed by atoms with Crippen LogP contribution in [0, 0.1) is 11.8 Å². The van der Waals surface area contributed by atoms with E-state index in [2.05, 4.69) is 49.9 Å². The van der Waals surface area contributed by atoms with Crippen LogP contribution in [0.3, 0.4) is 0 Å². The molecule has 3 saturated heterocycles. The first-order valence-corrected chi connectivity index (χ1v) is 12.7. The standard InChI is InChI=1S/C24H36O3S/c1-3-19-21-9-5-15(25-21)13-16-6-11-23(26-16)20(4-2)24-12-8-18(28-24)14-17-7-10-22(19)27-17/h5,8-9,12,15-24H,3-4,6-7,10-11,13-14H2,1-2H3. The predicted molar refractivity (Wildman–Crippen MR) is 115 cm³/mol. The molecule has 0 spiro atoms. The van der Waals surface area contributed by atoms with E-state index >= 15 is 0 Å². The van der Waals surface area contributed by atoms with Crippen LogP contribution in [0.5, 0.6) is 0 Å². The van der Waals surface area contributed by atoms with Crippen LogP contribution in [0.25, 0.3) is 0 Å².